The zero-order valence-electron chi connectivity index (χ0n) is 11.1. The van der Waals surface area contributed by atoms with Crippen molar-refractivity contribution in [2.75, 3.05) is 31.7 Å². The highest BCUT2D eigenvalue weighted by molar-refractivity contribution is 5.85. The quantitative estimate of drug-likeness (QED) is 0.843. The van der Waals surface area contributed by atoms with Gasteiger partial charge in [0, 0.05) is 25.4 Å². The molecule has 5 heteroatoms. The molecule has 1 aromatic rings. The standard InChI is InChI=1S/C14H20N2O3/c1-19-12-5-3-11(4-6-12)16-9-2-8-15-14(18)13(16)7-10-17/h3-6,13,17H,2,7-10H2,1H3,(H,15,18). The molecule has 19 heavy (non-hydrogen) atoms. The molecule has 0 bridgehead atoms. The largest absolute Gasteiger partial charge is 0.497 e. The van der Waals surface area contributed by atoms with Crippen LogP contribution in [0.4, 0.5) is 5.69 Å². The van der Waals surface area contributed by atoms with Gasteiger partial charge in [0.1, 0.15) is 11.8 Å². The summed E-state index contributed by atoms with van der Waals surface area (Å²) in [6.45, 7) is 1.49. The highest BCUT2D eigenvalue weighted by Crippen LogP contribution is 2.23. The van der Waals surface area contributed by atoms with Crippen LogP contribution in [0.1, 0.15) is 12.8 Å². The predicted octanol–water partition coefficient (Wildman–Crippen LogP) is 0.772. The lowest BCUT2D eigenvalue weighted by molar-refractivity contribution is -0.122. The van der Waals surface area contributed by atoms with Crippen molar-refractivity contribution < 1.29 is 14.6 Å². The number of carbonyl (C=O) groups excluding carboxylic acids is 1. The lowest BCUT2D eigenvalue weighted by Gasteiger charge is -2.30. The fourth-order valence-electron chi connectivity index (χ4n) is 2.37. The third kappa shape index (κ3) is 3.17. The van der Waals surface area contributed by atoms with Gasteiger partial charge in [-0.25, -0.2) is 0 Å². The molecule has 1 aromatic carbocycles. The normalized spacial score (nSPS) is 19.8. The van der Waals surface area contributed by atoms with Gasteiger partial charge in [0.05, 0.1) is 7.11 Å². The molecule has 1 amide bonds. The Kier molecular flexibility index (Phi) is 4.63. The van der Waals surface area contributed by atoms with Crippen molar-refractivity contribution in [3.63, 3.8) is 0 Å². The Bertz CT molecular complexity index is 419. The van der Waals surface area contributed by atoms with Crippen LogP contribution in [0.25, 0.3) is 0 Å². The number of rotatable bonds is 4. The number of anilines is 1. The van der Waals surface area contributed by atoms with E-state index in [2.05, 4.69) is 10.2 Å². The van der Waals surface area contributed by atoms with Crippen molar-refractivity contribution in [3.05, 3.63) is 24.3 Å². The van der Waals surface area contributed by atoms with E-state index >= 15 is 0 Å². The van der Waals surface area contributed by atoms with E-state index < -0.39 is 0 Å². The van der Waals surface area contributed by atoms with Crippen LogP contribution in [0, 0.1) is 0 Å². The summed E-state index contributed by atoms with van der Waals surface area (Å²) in [6.07, 6.45) is 1.34. The van der Waals surface area contributed by atoms with Crippen molar-refractivity contribution in [2.24, 2.45) is 0 Å². The number of aliphatic hydroxyl groups excluding tert-OH is 1. The van der Waals surface area contributed by atoms with Gasteiger partial charge >= 0.3 is 0 Å². The first kappa shape index (κ1) is 13.7. The van der Waals surface area contributed by atoms with Crippen molar-refractivity contribution in [1.29, 1.82) is 0 Å². The maximum absolute atomic E-state index is 12.0. The molecule has 104 valence electrons. The number of nitrogens with one attached hydrogen (secondary N) is 1. The van der Waals surface area contributed by atoms with E-state index in [1.165, 1.54) is 0 Å². The van der Waals surface area contributed by atoms with Crippen LogP contribution >= 0.6 is 0 Å². The number of amides is 1. The SMILES string of the molecule is COc1ccc(N2CCCNC(=O)C2CCO)cc1. The Labute approximate surface area is 113 Å². The van der Waals surface area contributed by atoms with Crippen LogP contribution < -0.4 is 15.0 Å². The molecule has 0 spiro atoms. The molecule has 1 aliphatic rings. The molecular formula is C14H20N2O3. The molecule has 0 saturated carbocycles. The third-order valence-electron chi connectivity index (χ3n) is 3.36. The summed E-state index contributed by atoms with van der Waals surface area (Å²) in [5.41, 5.74) is 0.983. The molecule has 1 heterocycles. The first-order valence-electron chi connectivity index (χ1n) is 6.55. The zero-order chi connectivity index (χ0) is 13.7. The summed E-state index contributed by atoms with van der Waals surface area (Å²) in [4.78, 5) is 14.1. The highest BCUT2D eigenvalue weighted by Gasteiger charge is 2.27. The lowest BCUT2D eigenvalue weighted by atomic mass is 10.1. The topological polar surface area (TPSA) is 61.8 Å². The Hall–Kier alpha value is -1.75. The van der Waals surface area contributed by atoms with E-state index in [-0.39, 0.29) is 18.6 Å². The van der Waals surface area contributed by atoms with Crippen LogP contribution in [0.2, 0.25) is 0 Å². The highest BCUT2D eigenvalue weighted by atomic mass is 16.5. The first-order chi connectivity index (χ1) is 9.26. The van der Waals surface area contributed by atoms with Gasteiger partial charge in [0.25, 0.3) is 0 Å². The van der Waals surface area contributed by atoms with Crippen LogP contribution in [0.3, 0.4) is 0 Å². The summed E-state index contributed by atoms with van der Waals surface area (Å²) in [6, 6.07) is 7.35. The minimum Gasteiger partial charge on any atom is -0.497 e. The number of nitrogens with zero attached hydrogens (tertiary/aromatic N) is 1. The fraction of sp³-hybridized carbons (Fsp3) is 0.500. The molecule has 1 aliphatic heterocycles. The van der Waals surface area contributed by atoms with Gasteiger partial charge < -0.3 is 20.1 Å². The number of hydrogen-bond donors (Lipinski definition) is 2. The number of benzene rings is 1. The van der Waals surface area contributed by atoms with E-state index in [0.717, 1.165) is 24.4 Å². The Balaban J connectivity index is 2.23. The van der Waals surface area contributed by atoms with Crippen molar-refractivity contribution in [2.45, 2.75) is 18.9 Å². The molecule has 2 N–H and O–H groups in total. The molecule has 1 atom stereocenters. The maximum atomic E-state index is 12.0. The minimum atomic E-state index is -0.305. The first-order valence-corrected chi connectivity index (χ1v) is 6.55. The number of aliphatic hydroxyl groups is 1. The van der Waals surface area contributed by atoms with E-state index in [9.17, 15) is 4.79 Å². The summed E-state index contributed by atoms with van der Waals surface area (Å²) < 4.78 is 5.14. The van der Waals surface area contributed by atoms with Gasteiger partial charge in [-0.05, 0) is 37.1 Å². The molecule has 5 nitrogen and oxygen atoms in total. The molecule has 0 aliphatic carbocycles. The van der Waals surface area contributed by atoms with Gasteiger partial charge in [-0.1, -0.05) is 0 Å². The number of methoxy groups -OCH3 is 1. The Morgan fingerprint density at radius 3 is 2.79 bits per heavy atom. The van der Waals surface area contributed by atoms with E-state index in [4.69, 9.17) is 9.84 Å². The van der Waals surface area contributed by atoms with Gasteiger partial charge in [-0.15, -0.1) is 0 Å². The van der Waals surface area contributed by atoms with Gasteiger partial charge in [0.2, 0.25) is 5.91 Å². The van der Waals surface area contributed by atoms with E-state index in [1.54, 1.807) is 7.11 Å². The molecule has 0 aromatic heterocycles. The number of hydrogen-bond acceptors (Lipinski definition) is 4. The average Bonchev–Trinajstić information content (AvgIpc) is 2.62. The van der Waals surface area contributed by atoms with E-state index in [0.29, 0.717) is 13.0 Å². The van der Waals surface area contributed by atoms with E-state index in [1.807, 2.05) is 24.3 Å². The van der Waals surface area contributed by atoms with Gasteiger partial charge in [-0.2, -0.15) is 0 Å². The smallest absolute Gasteiger partial charge is 0.242 e. The maximum Gasteiger partial charge on any atom is 0.242 e. The second-order valence-corrected chi connectivity index (χ2v) is 4.56. The van der Waals surface area contributed by atoms with Crippen molar-refractivity contribution >= 4 is 11.6 Å². The van der Waals surface area contributed by atoms with Crippen molar-refractivity contribution in [1.82, 2.24) is 5.32 Å². The fourth-order valence-corrected chi connectivity index (χ4v) is 2.37. The summed E-state index contributed by atoms with van der Waals surface area (Å²) >= 11 is 0. The molecular weight excluding hydrogens is 244 g/mol. The summed E-state index contributed by atoms with van der Waals surface area (Å²) in [5.74, 6) is 0.782. The zero-order valence-corrected chi connectivity index (χ0v) is 11.1. The van der Waals surface area contributed by atoms with Crippen LogP contribution in [-0.2, 0) is 4.79 Å². The molecule has 2 rings (SSSR count). The number of carbonyl (C=O) groups is 1. The van der Waals surface area contributed by atoms with Crippen LogP contribution in [-0.4, -0.2) is 43.9 Å². The molecule has 1 unspecified atom stereocenters. The minimum absolute atomic E-state index is 0.00470. The monoisotopic (exact) mass is 264 g/mol. The molecule has 0 radical (unpaired) electrons. The van der Waals surface area contributed by atoms with Gasteiger partial charge in [-0.3, -0.25) is 4.79 Å². The van der Waals surface area contributed by atoms with Crippen LogP contribution in [0.15, 0.2) is 24.3 Å². The van der Waals surface area contributed by atoms with Gasteiger partial charge in [0.15, 0.2) is 0 Å². The lowest BCUT2D eigenvalue weighted by Crippen LogP contribution is -2.45. The van der Waals surface area contributed by atoms with Crippen LogP contribution in [0.5, 0.6) is 5.75 Å². The third-order valence-corrected chi connectivity index (χ3v) is 3.36. The molecule has 1 fully saturated rings. The predicted molar refractivity (Wildman–Crippen MR) is 73.5 cm³/mol. The Morgan fingerprint density at radius 1 is 1.42 bits per heavy atom. The second-order valence-electron chi connectivity index (χ2n) is 4.56. The molecule has 1 saturated heterocycles. The second kappa shape index (κ2) is 6.43. The van der Waals surface area contributed by atoms with Crippen molar-refractivity contribution in [3.8, 4) is 5.75 Å². The average molecular weight is 264 g/mol. The summed E-state index contributed by atoms with van der Waals surface area (Å²) in [7, 11) is 1.63. The summed E-state index contributed by atoms with van der Waals surface area (Å²) in [5, 5.41) is 12.0. The Morgan fingerprint density at radius 2 is 2.16 bits per heavy atom. The number of ether oxygens (including phenoxy) is 1.